The molecule has 52 valence electrons. The Morgan fingerprint density at radius 3 is 2.80 bits per heavy atom. The van der Waals surface area contributed by atoms with Crippen molar-refractivity contribution in [2.75, 3.05) is 0 Å². The number of halogens is 2. The smallest absolute Gasteiger partial charge is 0.0701 e. The molecule has 10 heavy (non-hydrogen) atoms. The number of nitriles is 1. The molecule has 1 atom stereocenters. The molecule has 1 aliphatic carbocycles. The normalized spacial score (nSPS) is 24.7. The van der Waals surface area contributed by atoms with Crippen molar-refractivity contribution in [3.05, 3.63) is 22.2 Å². The van der Waals surface area contributed by atoms with Gasteiger partial charge < -0.3 is 0 Å². The first kappa shape index (κ1) is 7.65. The molecule has 0 aromatic rings. The van der Waals surface area contributed by atoms with Gasteiger partial charge in [-0.1, -0.05) is 29.3 Å². The van der Waals surface area contributed by atoms with Gasteiger partial charge in [-0.3, -0.25) is 0 Å². The Bertz CT molecular complexity index is 234. The van der Waals surface area contributed by atoms with Crippen LogP contribution in [0.1, 0.15) is 6.42 Å². The SMILES string of the molecule is N#CC1C=CC(Cl)=C(Cl)C1. The van der Waals surface area contributed by atoms with Crippen molar-refractivity contribution in [3.8, 4) is 6.07 Å². The lowest BCUT2D eigenvalue weighted by Crippen LogP contribution is -1.97. The van der Waals surface area contributed by atoms with Crippen LogP contribution in [-0.2, 0) is 0 Å². The molecule has 0 aromatic carbocycles. The molecule has 0 saturated heterocycles. The molecule has 1 unspecified atom stereocenters. The summed E-state index contributed by atoms with van der Waals surface area (Å²) in [5.74, 6) is -0.102. The first-order valence-corrected chi connectivity index (χ1v) is 3.61. The van der Waals surface area contributed by atoms with E-state index < -0.39 is 0 Å². The summed E-state index contributed by atoms with van der Waals surface area (Å²) in [5.41, 5.74) is 0. The largest absolute Gasteiger partial charge is 0.198 e. The van der Waals surface area contributed by atoms with Crippen LogP contribution in [0.25, 0.3) is 0 Å². The molecule has 1 nitrogen and oxygen atoms in total. The van der Waals surface area contributed by atoms with Crippen molar-refractivity contribution in [1.29, 1.82) is 5.26 Å². The highest BCUT2D eigenvalue weighted by Gasteiger charge is 2.12. The topological polar surface area (TPSA) is 23.8 Å². The molecular weight excluding hydrogens is 169 g/mol. The Balaban J connectivity index is 2.76. The molecule has 0 saturated carbocycles. The fraction of sp³-hybridized carbons (Fsp3) is 0.286. The van der Waals surface area contributed by atoms with Crippen LogP contribution in [0.5, 0.6) is 0 Å². The predicted octanol–water partition coefficient (Wildman–Crippen LogP) is 2.78. The lowest BCUT2D eigenvalue weighted by atomic mass is 10.0. The van der Waals surface area contributed by atoms with E-state index in [0.717, 1.165) is 0 Å². The van der Waals surface area contributed by atoms with Crippen LogP contribution in [0.15, 0.2) is 22.2 Å². The third-order valence-corrected chi connectivity index (χ3v) is 2.11. The van der Waals surface area contributed by atoms with Crippen LogP contribution >= 0.6 is 23.2 Å². The molecule has 1 aliphatic rings. The van der Waals surface area contributed by atoms with Crippen LogP contribution in [0.3, 0.4) is 0 Å². The van der Waals surface area contributed by atoms with E-state index in [1.54, 1.807) is 12.2 Å². The first-order chi connectivity index (χ1) is 4.74. The maximum absolute atomic E-state index is 8.47. The average molecular weight is 174 g/mol. The van der Waals surface area contributed by atoms with Crippen molar-refractivity contribution in [3.63, 3.8) is 0 Å². The van der Waals surface area contributed by atoms with Gasteiger partial charge in [0.25, 0.3) is 0 Å². The van der Waals surface area contributed by atoms with Crippen LogP contribution in [0.2, 0.25) is 0 Å². The third-order valence-electron chi connectivity index (χ3n) is 1.30. The summed E-state index contributed by atoms with van der Waals surface area (Å²) >= 11 is 11.3. The Morgan fingerprint density at radius 1 is 1.60 bits per heavy atom. The second-order valence-electron chi connectivity index (χ2n) is 2.05. The van der Waals surface area contributed by atoms with E-state index in [4.69, 9.17) is 28.5 Å². The summed E-state index contributed by atoms with van der Waals surface area (Å²) in [4.78, 5) is 0. The van der Waals surface area contributed by atoms with Gasteiger partial charge in [-0.25, -0.2) is 0 Å². The Morgan fingerprint density at radius 2 is 2.30 bits per heavy atom. The fourth-order valence-corrected chi connectivity index (χ4v) is 1.12. The van der Waals surface area contributed by atoms with Crippen LogP contribution in [-0.4, -0.2) is 0 Å². The summed E-state index contributed by atoms with van der Waals surface area (Å²) in [6.45, 7) is 0. The van der Waals surface area contributed by atoms with E-state index in [1.807, 2.05) is 0 Å². The molecule has 0 N–H and O–H groups in total. The predicted molar refractivity (Wildman–Crippen MR) is 41.6 cm³/mol. The monoisotopic (exact) mass is 173 g/mol. The van der Waals surface area contributed by atoms with E-state index in [-0.39, 0.29) is 5.92 Å². The van der Waals surface area contributed by atoms with Crippen LogP contribution < -0.4 is 0 Å². The second-order valence-corrected chi connectivity index (χ2v) is 2.92. The average Bonchev–Trinajstić information content (AvgIpc) is 1.95. The van der Waals surface area contributed by atoms with Gasteiger partial charge in [0, 0.05) is 11.5 Å². The quantitative estimate of drug-likeness (QED) is 0.553. The van der Waals surface area contributed by atoms with E-state index in [1.165, 1.54) is 0 Å². The number of hydrogen-bond acceptors (Lipinski definition) is 1. The Labute approximate surface area is 69.5 Å². The summed E-state index contributed by atoms with van der Waals surface area (Å²) in [6, 6.07) is 2.09. The highest BCUT2D eigenvalue weighted by Crippen LogP contribution is 2.27. The van der Waals surface area contributed by atoms with Gasteiger partial charge in [0.05, 0.1) is 17.0 Å². The molecular formula is C7H5Cl2N. The maximum atomic E-state index is 8.47. The van der Waals surface area contributed by atoms with Gasteiger partial charge in [-0.15, -0.1) is 0 Å². The zero-order chi connectivity index (χ0) is 7.56. The minimum absolute atomic E-state index is 0.102. The number of nitrogens with zero attached hydrogens (tertiary/aromatic N) is 1. The molecule has 1 rings (SSSR count). The lowest BCUT2D eigenvalue weighted by molar-refractivity contribution is 0.824. The van der Waals surface area contributed by atoms with Crippen molar-refractivity contribution in [2.24, 2.45) is 5.92 Å². The van der Waals surface area contributed by atoms with Crippen molar-refractivity contribution in [1.82, 2.24) is 0 Å². The van der Waals surface area contributed by atoms with E-state index in [9.17, 15) is 0 Å². The second kappa shape index (κ2) is 3.09. The van der Waals surface area contributed by atoms with E-state index >= 15 is 0 Å². The van der Waals surface area contributed by atoms with Gasteiger partial charge in [0.1, 0.15) is 0 Å². The summed E-state index contributed by atoms with van der Waals surface area (Å²) in [7, 11) is 0. The molecule has 0 amide bonds. The number of rotatable bonds is 0. The van der Waals surface area contributed by atoms with Crippen molar-refractivity contribution in [2.45, 2.75) is 6.42 Å². The zero-order valence-electron chi connectivity index (χ0n) is 5.14. The van der Waals surface area contributed by atoms with Gasteiger partial charge in [-0.2, -0.15) is 5.26 Å². The minimum atomic E-state index is -0.102. The van der Waals surface area contributed by atoms with Crippen molar-refractivity contribution >= 4 is 23.2 Å². The number of allylic oxidation sites excluding steroid dienone is 4. The van der Waals surface area contributed by atoms with Gasteiger partial charge in [0.2, 0.25) is 0 Å². The first-order valence-electron chi connectivity index (χ1n) is 2.86. The van der Waals surface area contributed by atoms with Crippen LogP contribution in [0.4, 0.5) is 0 Å². The molecule has 3 heteroatoms. The summed E-state index contributed by atoms with van der Waals surface area (Å²) in [6.07, 6.45) is 3.98. The standard InChI is InChI=1S/C7H5Cl2N/c8-6-2-1-5(4-10)3-7(6)9/h1-2,5H,3H2. The van der Waals surface area contributed by atoms with Crippen molar-refractivity contribution < 1.29 is 0 Å². The molecule has 0 bridgehead atoms. The molecule has 0 heterocycles. The van der Waals surface area contributed by atoms with E-state index in [2.05, 4.69) is 6.07 Å². The maximum Gasteiger partial charge on any atom is 0.0701 e. The molecule has 0 spiro atoms. The summed E-state index contributed by atoms with van der Waals surface area (Å²) in [5, 5.41) is 9.60. The summed E-state index contributed by atoms with van der Waals surface area (Å²) < 4.78 is 0. The molecule has 0 aromatic heterocycles. The van der Waals surface area contributed by atoms with Gasteiger partial charge in [0.15, 0.2) is 0 Å². The fourth-order valence-electron chi connectivity index (χ4n) is 0.738. The number of hydrogen-bond donors (Lipinski definition) is 0. The third kappa shape index (κ3) is 1.53. The van der Waals surface area contributed by atoms with E-state index in [0.29, 0.717) is 16.5 Å². The molecule has 0 aliphatic heterocycles. The molecule has 0 fully saturated rings. The Kier molecular flexibility index (Phi) is 2.37. The minimum Gasteiger partial charge on any atom is -0.198 e. The van der Waals surface area contributed by atoms with Crippen LogP contribution in [0, 0.1) is 17.2 Å². The zero-order valence-corrected chi connectivity index (χ0v) is 6.65. The van der Waals surface area contributed by atoms with Gasteiger partial charge in [-0.05, 0) is 6.08 Å². The Hall–Kier alpha value is -0.450. The van der Waals surface area contributed by atoms with Gasteiger partial charge >= 0.3 is 0 Å². The molecule has 0 radical (unpaired) electrons. The highest BCUT2D eigenvalue weighted by atomic mass is 35.5. The lowest BCUT2D eigenvalue weighted by Gasteiger charge is -2.08. The highest BCUT2D eigenvalue weighted by molar-refractivity contribution is 6.40.